The highest BCUT2D eigenvalue weighted by Gasteiger charge is 2.17. The third-order valence-electron chi connectivity index (χ3n) is 5.18. The maximum atomic E-state index is 13.3. The molecule has 0 unspecified atom stereocenters. The van der Waals surface area contributed by atoms with E-state index in [9.17, 15) is 9.18 Å². The van der Waals surface area contributed by atoms with Crippen molar-refractivity contribution in [3.63, 3.8) is 0 Å². The number of aromatic amines is 1. The SMILES string of the molecule is Cc1cc(Nc2nc(C(=O)c3ccc(F)cc3)nc3cc(OCc4ccccc4)ccc23)n[nH]1. The first kappa shape index (κ1) is 21.3. The van der Waals surface area contributed by atoms with Crippen LogP contribution in [0.4, 0.5) is 16.0 Å². The lowest BCUT2D eigenvalue weighted by molar-refractivity contribution is 0.103. The summed E-state index contributed by atoms with van der Waals surface area (Å²) in [5, 5.41) is 10.9. The number of rotatable bonds is 7. The molecule has 0 aliphatic rings. The highest BCUT2D eigenvalue weighted by Crippen LogP contribution is 2.28. The number of fused-ring (bicyclic) bond motifs is 1. The van der Waals surface area contributed by atoms with Crippen molar-refractivity contribution in [3.05, 3.63) is 107 Å². The normalized spacial score (nSPS) is 10.9. The van der Waals surface area contributed by atoms with Crippen molar-refractivity contribution >= 4 is 28.3 Å². The average Bonchev–Trinajstić information content (AvgIpc) is 3.27. The highest BCUT2D eigenvalue weighted by atomic mass is 19.1. The second-order valence-corrected chi connectivity index (χ2v) is 7.75. The fourth-order valence-corrected chi connectivity index (χ4v) is 3.47. The molecular formula is C26H20FN5O2. The molecule has 2 heterocycles. The summed E-state index contributed by atoms with van der Waals surface area (Å²) in [6.45, 7) is 2.28. The summed E-state index contributed by atoms with van der Waals surface area (Å²) in [5.74, 6) is 0.732. The number of hydrogen-bond acceptors (Lipinski definition) is 6. The van der Waals surface area contributed by atoms with Crippen LogP contribution in [0.15, 0.2) is 78.9 Å². The fraction of sp³-hybridized carbons (Fsp3) is 0.0769. The lowest BCUT2D eigenvalue weighted by atomic mass is 10.1. The van der Waals surface area contributed by atoms with Crippen LogP contribution in [0.25, 0.3) is 10.9 Å². The molecule has 0 spiro atoms. The van der Waals surface area contributed by atoms with Gasteiger partial charge in [0.25, 0.3) is 0 Å². The minimum atomic E-state index is -0.424. The van der Waals surface area contributed by atoms with Gasteiger partial charge >= 0.3 is 0 Å². The summed E-state index contributed by atoms with van der Waals surface area (Å²) in [6, 6.07) is 22.4. The number of halogens is 1. The standard InChI is InChI=1S/C26H20FN5O2/c1-16-13-23(32-31-16)29-25-21-12-11-20(34-15-17-5-3-2-4-6-17)14-22(21)28-26(30-25)24(33)18-7-9-19(27)10-8-18/h2-14H,15H2,1H3,(H2,28,29,30,31,32). The van der Waals surface area contributed by atoms with Crippen LogP contribution >= 0.6 is 0 Å². The Hall–Kier alpha value is -4.59. The van der Waals surface area contributed by atoms with Crippen molar-refractivity contribution in [3.8, 4) is 5.75 Å². The number of ether oxygens (including phenoxy) is 1. The zero-order valence-electron chi connectivity index (χ0n) is 18.2. The second kappa shape index (κ2) is 9.11. The largest absolute Gasteiger partial charge is 0.489 e. The maximum Gasteiger partial charge on any atom is 0.230 e. The zero-order valence-corrected chi connectivity index (χ0v) is 18.2. The van der Waals surface area contributed by atoms with Crippen molar-refractivity contribution in [2.24, 2.45) is 0 Å². The quantitative estimate of drug-likeness (QED) is 0.323. The Balaban J connectivity index is 1.53. The van der Waals surface area contributed by atoms with Gasteiger partial charge in [0.15, 0.2) is 5.82 Å². The van der Waals surface area contributed by atoms with E-state index in [1.54, 1.807) is 6.07 Å². The van der Waals surface area contributed by atoms with E-state index < -0.39 is 11.6 Å². The Morgan fingerprint density at radius 3 is 2.53 bits per heavy atom. The molecule has 168 valence electrons. The van der Waals surface area contributed by atoms with Gasteiger partial charge in [-0.2, -0.15) is 5.10 Å². The molecular weight excluding hydrogens is 433 g/mol. The van der Waals surface area contributed by atoms with Crippen molar-refractivity contribution in [2.75, 3.05) is 5.32 Å². The van der Waals surface area contributed by atoms with Gasteiger partial charge in [-0.25, -0.2) is 14.4 Å². The summed E-state index contributed by atoms with van der Waals surface area (Å²) in [6.07, 6.45) is 0. The summed E-state index contributed by atoms with van der Waals surface area (Å²) in [4.78, 5) is 22.0. The van der Waals surface area contributed by atoms with Gasteiger partial charge in [-0.05, 0) is 48.9 Å². The number of nitrogens with zero attached hydrogens (tertiary/aromatic N) is 3. The number of anilines is 2. The Bertz CT molecular complexity index is 1470. The summed E-state index contributed by atoms with van der Waals surface area (Å²) < 4.78 is 19.3. The van der Waals surface area contributed by atoms with E-state index in [1.165, 1.54) is 24.3 Å². The Labute approximate surface area is 194 Å². The summed E-state index contributed by atoms with van der Waals surface area (Å²) in [7, 11) is 0. The van der Waals surface area contributed by atoms with Gasteiger partial charge < -0.3 is 10.1 Å². The molecule has 0 aliphatic heterocycles. The summed E-state index contributed by atoms with van der Waals surface area (Å²) in [5.41, 5.74) is 2.73. The first-order valence-electron chi connectivity index (χ1n) is 10.6. The third-order valence-corrected chi connectivity index (χ3v) is 5.18. The number of carbonyl (C=O) groups excluding carboxylic acids is 1. The molecule has 0 fully saturated rings. The molecule has 0 bridgehead atoms. The van der Waals surface area contributed by atoms with Crippen LogP contribution in [-0.2, 0) is 6.61 Å². The zero-order chi connectivity index (χ0) is 23.5. The van der Waals surface area contributed by atoms with Crippen LogP contribution in [0.1, 0.15) is 27.4 Å². The Morgan fingerprint density at radius 2 is 1.79 bits per heavy atom. The number of nitrogens with one attached hydrogen (secondary N) is 2. The number of aryl methyl sites for hydroxylation is 1. The third kappa shape index (κ3) is 4.61. The first-order chi connectivity index (χ1) is 16.5. The van der Waals surface area contributed by atoms with Crippen molar-refractivity contribution < 1.29 is 13.9 Å². The predicted molar refractivity (Wildman–Crippen MR) is 127 cm³/mol. The average molecular weight is 453 g/mol. The molecule has 5 aromatic rings. The molecule has 0 atom stereocenters. The molecule has 0 aliphatic carbocycles. The lowest BCUT2D eigenvalue weighted by Crippen LogP contribution is -2.10. The van der Waals surface area contributed by atoms with Gasteiger partial charge in [0, 0.05) is 28.8 Å². The molecule has 0 saturated heterocycles. The van der Waals surface area contributed by atoms with Crippen molar-refractivity contribution in [1.82, 2.24) is 20.2 Å². The number of H-pyrrole nitrogens is 1. The minimum absolute atomic E-state index is 0.0194. The highest BCUT2D eigenvalue weighted by molar-refractivity contribution is 6.08. The number of ketones is 1. The number of benzene rings is 3. The predicted octanol–water partition coefficient (Wildman–Crippen LogP) is 5.35. The van der Waals surface area contributed by atoms with E-state index in [0.717, 1.165) is 11.3 Å². The van der Waals surface area contributed by atoms with Crippen molar-refractivity contribution in [1.29, 1.82) is 0 Å². The Morgan fingerprint density at radius 1 is 1.00 bits per heavy atom. The smallest absolute Gasteiger partial charge is 0.230 e. The van der Waals surface area contributed by atoms with Gasteiger partial charge in [-0.1, -0.05) is 30.3 Å². The van der Waals surface area contributed by atoms with Gasteiger partial charge in [0.2, 0.25) is 11.6 Å². The molecule has 2 N–H and O–H groups in total. The maximum absolute atomic E-state index is 13.3. The van der Waals surface area contributed by atoms with Gasteiger partial charge in [0.1, 0.15) is 24.0 Å². The number of hydrogen-bond donors (Lipinski definition) is 2. The topological polar surface area (TPSA) is 92.8 Å². The van der Waals surface area contributed by atoms with E-state index in [1.807, 2.05) is 55.5 Å². The van der Waals surface area contributed by atoms with E-state index >= 15 is 0 Å². The fourth-order valence-electron chi connectivity index (χ4n) is 3.47. The van der Waals surface area contributed by atoms with E-state index in [4.69, 9.17) is 4.74 Å². The molecule has 2 aromatic heterocycles. The van der Waals surface area contributed by atoms with Gasteiger partial charge in [-0.3, -0.25) is 9.89 Å². The molecule has 8 heteroatoms. The van der Waals surface area contributed by atoms with E-state index in [0.29, 0.717) is 40.5 Å². The molecule has 0 saturated carbocycles. The van der Waals surface area contributed by atoms with Crippen LogP contribution in [0, 0.1) is 12.7 Å². The molecule has 0 radical (unpaired) electrons. The monoisotopic (exact) mass is 453 g/mol. The second-order valence-electron chi connectivity index (χ2n) is 7.75. The lowest BCUT2D eigenvalue weighted by Gasteiger charge is -2.11. The molecule has 5 rings (SSSR count). The van der Waals surface area contributed by atoms with Crippen molar-refractivity contribution in [2.45, 2.75) is 13.5 Å². The first-order valence-corrected chi connectivity index (χ1v) is 10.6. The molecule has 3 aromatic carbocycles. The van der Waals surface area contributed by atoms with Crippen LogP contribution in [-0.4, -0.2) is 25.9 Å². The van der Waals surface area contributed by atoms with Crippen LogP contribution in [0.2, 0.25) is 0 Å². The summed E-state index contributed by atoms with van der Waals surface area (Å²) >= 11 is 0. The number of carbonyl (C=O) groups is 1. The van der Waals surface area contributed by atoms with E-state index in [2.05, 4.69) is 25.5 Å². The van der Waals surface area contributed by atoms with Crippen LogP contribution in [0.3, 0.4) is 0 Å². The molecule has 7 nitrogen and oxygen atoms in total. The Kier molecular flexibility index (Phi) is 5.70. The molecule has 0 amide bonds. The minimum Gasteiger partial charge on any atom is -0.489 e. The van der Waals surface area contributed by atoms with E-state index in [-0.39, 0.29) is 5.82 Å². The van der Waals surface area contributed by atoms with Crippen LogP contribution in [0.5, 0.6) is 5.75 Å². The molecule has 34 heavy (non-hydrogen) atoms. The van der Waals surface area contributed by atoms with Crippen LogP contribution < -0.4 is 10.1 Å². The van der Waals surface area contributed by atoms with Gasteiger partial charge in [0.05, 0.1) is 5.52 Å². The number of aromatic nitrogens is 4. The van der Waals surface area contributed by atoms with Gasteiger partial charge in [-0.15, -0.1) is 0 Å².